The summed E-state index contributed by atoms with van der Waals surface area (Å²) in [6.07, 6.45) is 3.34. The van der Waals surface area contributed by atoms with Crippen LogP contribution in [0.5, 0.6) is 0 Å². The van der Waals surface area contributed by atoms with Gasteiger partial charge in [0.2, 0.25) is 0 Å². The summed E-state index contributed by atoms with van der Waals surface area (Å²) in [5, 5.41) is 2.80. The number of hydrogen-bond donors (Lipinski definition) is 1. The zero-order chi connectivity index (χ0) is 12.3. The van der Waals surface area contributed by atoms with Crippen molar-refractivity contribution in [3.63, 3.8) is 0 Å². The van der Waals surface area contributed by atoms with Crippen LogP contribution in [0.1, 0.15) is 11.6 Å². The molecule has 1 saturated heterocycles. The normalized spacial score (nSPS) is 19.0. The van der Waals surface area contributed by atoms with E-state index in [1.54, 1.807) is 12.4 Å². The van der Waals surface area contributed by atoms with Gasteiger partial charge in [-0.2, -0.15) is 0 Å². The Labute approximate surface area is 98.6 Å². The minimum Gasteiger partial charge on any atom is -0.468 e. The first-order chi connectivity index (χ1) is 8.20. The summed E-state index contributed by atoms with van der Waals surface area (Å²) in [5.41, 5.74) is 0.973. The van der Waals surface area contributed by atoms with E-state index in [1.165, 1.54) is 12.0 Å². The van der Waals surface area contributed by atoms with Gasteiger partial charge in [0.25, 0.3) is 0 Å². The molecule has 0 bridgehead atoms. The van der Waals surface area contributed by atoms with Crippen LogP contribution < -0.4 is 5.32 Å². The molecule has 1 atom stereocenters. The van der Waals surface area contributed by atoms with Crippen LogP contribution in [0, 0.1) is 0 Å². The lowest BCUT2D eigenvalue weighted by Crippen LogP contribution is -2.33. The fourth-order valence-corrected chi connectivity index (χ4v) is 1.73. The number of ether oxygens (including phenoxy) is 1. The van der Waals surface area contributed by atoms with Gasteiger partial charge in [0.15, 0.2) is 0 Å². The molecule has 1 fully saturated rings. The number of urea groups is 1. The van der Waals surface area contributed by atoms with E-state index in [2.05, 4.69) is 15.0 Å². The maximum atomic E-state index is 11.6. The summed E-state index contributed by atoms with van der Waals surface area (Å²) in [6, 6.07) is 3.33. The topological polar surface area (TPSA) is 71.5 Å². The number of pyridine rings is 1. The number of aromatic nitrogens is 1. The molecule has 0 aliphatic carbocycles. The fourth-order valence-electron chi connectivity index (χ4n) is 1.73. The highest BCUT2D eigenvalue weighted by atomic mass is 16.5. The van der Waals surface area contributed by atoms with Gasteiger partial charge in [-0.3, -0.25) is 9.78 Å². The third-order valence-corrected chi connectivity index (χ3v) is 2.64. The van der Waals surface area contributed by atoms with E-state index in [0.29, 0.717) is 6.54 Å². The van der Waals surface area contributed by atoms with Crippen LogP contribution in [0.2, 0.25) is 0 Å². The van der Waals surface area contributed by atoms with Gasteiger partial charge in [0.05, 0.1) is 13.2 Å². The van der Waals surface area contributed by atoms with Crippen molar-refractivity contribution in [2.75, 3.05) is 20.2 Å². The van der Waals surface area contributed by atoms with E-state index in [9.17, 15) is 9.59 Å². The Morgan fingerprint density at radius 1 is 1.59 bits per heavy atom. The predicted molar refractivity (Wildman–Crippen MR) is 59.1 cm³/mol. The standard InChI is InChI=1S/C11H13N3O3/c1-17-10(15)7-14-6-9(13-11(14)16)8-2-4-12-5-3-8/h2-5,9H,6-7H2,1H3,(H,13,16). The summed E-state index contributed by atoms with van der Waals surface area (Å²) in [6.45, 7) is 0.432. The van der Waals surface area contributed by atoms with E-state index in [0.717, 1.165) is 5.56 Å². The SMILES string of the molecule is COC(=O)CN1CC(c2ccncc2)NC1=O. The van der Waals surface area contributed by atoms with Gasteiger partial charge in [0, 0.05) is 18.9 Å². The average molecular weight is 235 g/mol. The molecular weight excluding hydrogens is 222 g/mol. The van der Waals surface area contributed by atoms with Crippen LogP contribution in [-0.4, -0.2) is 42.1 Å². The highest BCUT2D eigenvalue weighted by Gasteiger charge is 2.30. The monoisotopic (exact) mass is 235 g/mol. The molecule has 90 valence electrons. The van der Waals surface area contributed by atoms with Gasteiger partial charge in [0.1, 0.15) is 6.54 Å². The molecule has 1 aliphatic heterocycles. The number of amides is 2. The summed E-state index contributed by atoms with van der Waals surface area (Å²) < 4.78 is 4.53. The van der Waals surface area contributed by atoms with Crippen molar-refractivity contribution in [2.24, 2.45) is 0 Å². The largest absolute Gasteiger partial charge is 0.468 e. The van der Waals surface area contributed by atoms with E-state index < -0.39 is 5.97 Å². The molecule has 1 aliphatic rings. The second-order valence-electron chi connectivity index (χ2n) is 3.74. The van der Waals surface area contributed by atoms with Crippen molar-refractivity contribution in [2.45, 2.75) is 6.04 Å². The number of rotatable bonds is 3. The first-order valence-corrected chi connectivity index (χ1v) is 5.23. The van der Waals surface area contributed by atoms with Crippen molar-refractivity contribution >= 4 is 12.0 Å². The molecule has 1 aromatic heterocycles. The van der Waals surface area contributed by atoms with E-state index in [-0.39, 0.29) is 18.6 Å². The number of nitrogens with zero attached hydrogens (tertiary/aromatic N) is 2. The molecule has 0 aromatic carbocycles. The Balaban J connectivity index is 2.02. The first-order valence-electron chi connectivity index (χ1n) is 5.23. The van der Waals surface area contributed by atoms with Crippen LogP contribution in [0.3, 0.4) is 0 Å². The molecule has 1 N–H and O–H groups in total. The number of esters is 1. The Morgan fingerprint density at radius 3 is 2.94 bits per heavy atom. The molecule has 0 radical (unpaired) electrons. The van der Waals surface area contributed by atoms with Crippen molar-refractivity contribution in [1.29, 1.82) is 0 Å². The number of methoxy groups -OCH3 is 1. The maximum Gasteiger partial charge on any atom is 0.325 e. The summed E-state index contributed by atoms with van der Waals surface area (Å²) in [5.74, 6) is -0.421. The molecule has 0 spiro atoms. The van der Waals surface area contributed by atoms with Gasteiger partial charge in [-0.1, -0.05) is 0 Å². The minimum atomic E-state index is -0.421. The van der Waals surface area contributed by atoms with Gasteiger partial charge < -0.3 is 15.0 Å². The van der Waals surface area contributed by atoms with Crippen molar-refractivity contribution in [1.82, 2.24) is 15.2 Å². The van der Waals surface area contributed by atoms with Gasteiger partial charge >= 0.3 is 12.0 Å². The molecule has 1 aromatic rings. The van der Waals surface area contributed by atoms with Crippen LogP contribution in [-0.2, 0) is 9.53 Å². The Hall–Kier alpha value is -2.11. The maximum absolute atomic E-state index is 11.6. The van der Waals surface area contributed by atoms with E-state index in [1.807, 2.05) is 12.1 Å². The molecule has 6 nitrogen and oxygen atoms in total. The predicted octanol–water partition coefficient (Wildman–Crippen LogP) is 0.321. The summed E-state index contributed by atoms with van der Waals surface area (Å²) >= 11 is 0. The van der Waals surface area contributed by atoms with Crippen LogP contribution >= 0.6 is 0 Å². The van der Waals surface area contributed by atoms with Gasteiger partial charge in [-0.15, -0.1) is 0 Å². The fraction of sp³-hybridized carbons (Fsp3) is 0.364. The Bertz CT molecular complexity index is 421. The Morgan fingerprint density at radius 2 is 2.29 bits per heavy atom. The van der Waals surface area contributed by atoms with Crippen molar-refractivity contribution in [3.8, 4) is 0 Å². The number of hydrogen-bond acceptors (Lipinski definition) is 4. The molecule has 2 amide bonds. The van der Waals surface area contributed by atoms with E-state index >= 15 is 0 Å². The van der Waals surface area contributed by atoms with Crippen molar-refractivity contribution in [3.05, 3.63) is 30.1 Å². The lowest BCUT2D eigenvalue weighted by Gasteiger charge is -2.12. The van der Waals surface area contributed by atoms with Gasteiger partial charge in [-0.25, -0.2) is 4.79 Å². The molecule has 17 heavy (non-hydrogen) atoms. The lowest BCUT2D eigenvalue weighted by atomic mass is 10.1. The first kappa shape index (κ1) is 11.4. The third kappa shape index (κ3) is 2.52. The number of carbonyl (C=O) groups excluding carboxylic acids is 2. The number of nitrogens with one attached hydrogen (secondary N) is 1. The minimum absolute atomic E-state index is 0.0239. The molecular formula is C11H13N3O3. The van der Waals surface area contributed by atoms with E-state index in [4.69, 9.17) is 0 Å². The van der Waals surface area contributed by atoms with Crippen molar-refractivity contribution < 1.29 is 14.3 Å². The van der Waals surface area contributed by atoms with Gasteiger partial charge in [-0.05, 0) is 17.7 Å². The van der Waals surface area contributed by atoms with Crippen LogP contribution in [0.15, 0.2) is 24.5 Å². The highest BCUT2D eigenvalue weighted by Crippen LogP contribution is 2.19. The third-order valence-electron chi connectivity index (χ3n) is 2.64. The lowest BCUT2D eigenvalue weighted by molar-refractivity contribution is -0.141. The summed E-state index contributed by atoms with van der Waals surface area (Å²) in [7, 11) is 1.30. The average Bonchev–Trinajstić information content (AvgIpc) is 2.72. The molecule has 1 unspecified atom stereocenters. The van der Waals surface area contributed by atoms with Crippen LogP contribution in [0.25, 0.3) is 0 Å². The molecule has 2 heterocycles. The molecule has 2 rings (SSSR count). The second kappa shape index (κ2) is 4.82. The number of carbonyl (C=O) groups is 2. The zero-order valence-corrected chi connectivity index (χ0v) is 9.42. The zero-order valence-electron chi connectivity index (χ0n) is 9.42. The molecule has 0 saturated carbocycles. The molecule has 6 heteroatoms. The van der Waals surface area contributed by atoms with Crippen LogP contribution in [0.4, 0.5) is 4.79 Å². The highest BCUT2D eigenvalue weighted by molar-refractivity contribution is 5.82. The Kier molecular flexibility index (Phi) is 3.22. The smallest absolute Gasteiger partial charge is 0.325 e. The second-order valence-corrected chi connectivity index (χ2v) is 3.74. The summed E-state index contributed by atoms with van der Waals surface area (Å²) in [4.78, 5) is 28.0. The quantitative estimate of drug-likeness (QED) is 0.766.